The van der Waals surface area contributed by atoms with E-state index in [1.807, 2.05) is 30.3 Å². The number of hydrogen-bond donors (Lipinski definition) is 2. The van der Waals surface area contributed by atoms with Crippen LogP contribution in [0.3, 0.4) is 0 Å². The monoisotopic (exact) mass is 426 g/mol. The molecule has 2 atom stereocenters. The molecule has 3 heterocycles. The van der Waals surface area contributed by atoms with Gasteiger partial charge in [-0.3, -0.25) is 9.47 Å². The molecular formula is C22H20F2N4O3. The van der Waals surface area contributed by atoms with Crippen molar-refractivity contribution in [2.45, 2.75) is 18.5 Å². The fourth-order valence-electron chi connectivity index (χ4n) is 4.34. The predicted octanol–water partition coefficient (Wildman–Crippen LogP) is 2.21. The fourth-order valence-corrected chi connectivity index (χ4v) is 4.34. The first-order valence-electron chi connectivity index (χ1n) is 10.00. The van der Waals surface area contributed by atoms with Gasteiger partial charge in [-0.2, -0.15) is 0 Å². The second kappa shape index (κ2) is 7.05. The van der Waals surface area contributed by atoms with E-state index in [9.17, 15) is 19.1 Å². The van der Waals surface area contributed by atoms with Crippen LogP contribution in [-0.2, 0) is 0 Å². The minimum absolute atomic E-state index is 0.110. The van der Waals surface area contributed by atoms with E-state index in [0.717, 1.165) is 17.8 Å². The highest BCUT2D eigenvalue weighted by Gasteiger charge is 2.38. The van der Waals surface area contributed by atoms with Crippen LogP contribution in [0.5, 0.6) is 0 Å². The summed E-state index contributed by atoms with van der Waals surface area (Å²) < 4.78 is 32.0. The summed E-state index contributed by atoms with van der Waals surface area (Å²) in [5.74, 6) is -3.25. The van der Waals surface area contributed by atoms with Crippen molar-refractivity contribution < 1.29 is 18.7 Å². The van der Waals surface area contributed by atoms with Gasteiger partial charge in [0.15, 0.2) is 5.82 Å². The van der Waals surface area contributed by atoms with E-state index in [1.165, 1.54) is 9.58 Å². The number of carbonyl (C=O) groups is 1. The SMILES string of the molecule is NC1CCN(c2c(F)cc3c(=O)c(C(=O)O)cn(N4CC4c4ccccc4)c3c2F)C1. The molecule has 0 bridgehead atoms. The van der Waals surface area contributed by atoms with Crippen LogP contribution in [0, 0.1) is 11.6 Å². The van der Waals surface area contributed by atoms with E-state index in [4.69, 9.17) is 5.73 Å². The molecule has 2 aliphatic heterocycles. The van der Waals surface area contributed by atoms with E-state index in [-0.39, 0.29) is 28.7 Å². The number of aromatic nitrogens is 1. The molecular weight excluding hydrogens is 406 g/mol. The van der Waals surface area contributed by atoms with Crippen LogP contribution in [0.15, 0.2) is 47.4 Å². The summed E-state index contributed by atoms with van der Waals surface area (Å²) in [5.41, 5.74) is 5.05. The highest BCUT2D eigenvalue weighted by Crippen LogP contribution is 2.37. The maximum atomic E-state index is 15.7. The molecule has 5 rings (SSSR count). The largest absolute Gasteiger partial charge is 0.477 e. The molecule has 9 heteroatoms. The molecule has 0 saturated carbocycles. The third-order valence-corrected chi connectivity index (χ3v) is 5.96. The molecule has 31 heavy (non-hydrogen) atoms. The number of benzene rings is 2. The molecule has 0 radical (unpaired) electrons. The highest BCUT2D eigenvalue weighted by atomic mass is 19.1. The number of aromatic carboxylic acids is 1. The van der Waals surface area contributed by atoms with Crippen molar-refractivity contribution in [2.24, 2.45) is 5.73 Å². The second-order valence-corrected chi connectivity index (χ2v) is 7.98. The maximum Gasteiger partial charge on any atom is 0.341 e. The smallest absolute Gasteiger partial charge is 0.341 e. The first kappa shape index (κ1) is 19.5. The van der Waals surface area contributed by atoms with Crippen LogP contribution in [0.2, 0.25) is 0 Å². The molecule has 3 N–H and O–H groups in total. The first-order valence-corrected chi connectivity index (χ1v) is 10.00. The maximum absolute atomic E-state index is 15.7. The molecule has 0 spiro atoms. The number of fused-ring (bicyclic) bond motifs is 1. The van der Waals surface area contributed by atoms with Crippen molar-refractivity contribution >= 4 is 22.6 Å². The Bertz CT molecular complexity index is 1260. The zero-order valence-electron chi connectivity index (χ0n) is 16.5. The van der Waals surface area contributed by atoms with E-state index >= 15 is 4.39 Å². The Morgan fingerprint density at radius 3 is 2.55 bits per heavy atom. The number of carboxylic acids is 1. The van der Waals surface area contributed by atoms with Gasteiger partial charge in [0, 0.05) is 25.3 Å². The van der Waals surface area contributed by atoms with Gasteiger partial charge in [-0.1, -0.05) is 30.3 Å². The Labute approximate surface area is 175 Å². The zero-order valence-corrected chi connectivity index (χ0v) is 16.5. The van der Waals surface area contributed by atoms with Crippen LogP contribution in [0.1, 0.15) is 28.4 Å². The summed E-state index contributed by atoms with van der Waals surface area (Å²) in [7, 11) is 0. The lowest BCUT2D eigenvalue weighted by molar-refractivity contribution is 0.0695. The molecule has 3 aromatic rings. The van der Waals surface area contributed by atoms with Crippen molar-refractivity contribution in [3.63, 3.8) is 0 Å². The van der Waals surface area contributed by atoms with Gasteiger partial charge < -0.3 is 20.7 Å². The van der Waals surface area contributed by atoms with E-state index in [0.29, 0.717) is 26.1 Å². The average molecular weight is 426 g/mol. The molecule has 2 fully saturated rings. The van der Waals surface area contributed by atoms with Crippen LogP contribution in [-0.4, -0.2) is 41.4 Å². The minimum atomic E-state index is -1.45. The average Bonchev–Trinajstić information content (AvgIpc) is 3.43. The number of halogens is 2. The van der Waals surface area contributed by atoms with Crippen LogP contribution in [0.4, 0.5) is 14.5 Å². The number of pyridine rings is 1. The van der Waals surface area contributed by atoms with E-state index in [1.54, 1.807) is 5.01 Å². The third-order valence-electron chi connectivity index (χ3n) is 5.96. The molecule has 0 amide bonds. The summed E-state index contributed by atoms with van der Waals surface area (Å²) in [5, 5.41) is 10.9. The van der Waals surface area contributed by atoms with Gasteiger partial charge in [-0.25, -0.2) is 13.6 Å². The number of carboxylic acid groups (broad SMARTS) is 1. The lowest BCUT2D eigenvalue weighted by Gasteiger charge is -2.23. The Hall–Kier alpha value is -3.46. The van der Waals surface area contributed by atoms with Gasteiger partial charge in [0.05, 0.1) is 18.0 Å². The molecule has 2 aliphatic rings. The summed E-state index contributed by atoms with van der Waals surface area (Å²) in [6, 6.07) is 10.1. The summed E-state index contributed by atoms with van der Waals surface area (Å²) >= 11 is 0. The predicted molar refractivity (Wildman–Crippen MR) is 112 cm³/mol. The number of rotatable bonds is 4. The number of nitrogens with two attached hydrogens (primary N) is 1. The van der Waals surface area contributed by atoms with E-state index in [2.05, 4.69) is 0 Å². The Balaban J connectivity index is 1.72. The van der Waals surface area contributed by atoms with Crippen LogP contribution >= 0.6 is 0 Å². The van der Waals surface area contributed by atoms with Crippen LogP contribution in [0.25, 0.3) is 10.9 Å². The third kappa shape index (κ3) is 3.12. The Morgan fingerprint density at radius 1 is 1.16 bits per heavy atom. The lowest BCUT2D eigenvalue weighted by atomic mass is 10.1. The lowest BCUT2D eigenvalue weighted by Crippen LogP contribution is -2.29. The Morgan fingerprint density at radius 2 is 1.90 bits per heavy atom. The topological polar surface area (TPSA) is 91.6 Å². The summed E-state index contributed by atoms with van der Waals surface area (Å²) in [6.07, 6.45) is 1.72. The number of anilines is 1. The molecule has 160 valence electrons. The quantitative estimate of drug-likeness (QED) is 0.622. The van der Waals surface area contributed by atoms with Crippen molar-refractivity contribution in [3.05, 3.63) is 75.6 Å². The number of hydrogen-bond acceptors (Lipinski definition) is 5. The summed E-state index contributed by atoms with van der Waals surface area (Å²) in [6.45, 7) is 1.20. The van der Waals surface area contributed by atoms with Crippen molar-refractivity contribution in [2.75, 3.05) is 29.5 Å². The molecule has 7 nitrogen and oxygen atoms in total. The highest BCUT2D eigenvalue weighted by molar-refractivity contribution is 5.94. The second-order valence-electron chi connectivity index (χ2n) is 7.98. The van der Waals surface area contributed by atoms with Gasteiger partial charge in [-0.05, 0) is 18.1 Å². The molecule has 2 aromatic carbocycles. The van der Waals surface area contributed by atoms with Gasteiger partial charge in [0.1, 0.15) is 22.6 Å². The van der Waals surface area contributed by atoms with Crippen LogP contribution < -0.4 is 21.1 Å². The zero-order chi connectivity index (χ0) is 21.9. The molecule has 0 aliphatic carbocycles. The molecule has 2 saturated heterocycles. The van der Waals surface area contributed by atoms with Crippen molar-refractivity contribution in [3.8, 4) is 0 Å². The van der Waals surface area contributed by atoms with Gasteiger partial charge >= 0.3 is 5.97 Å². The minimum Gasteiger partial charge on any atom is -0.477 e. The molecule has 2 unspecified atom stereocenters. The normalized spacial score (nSPS) is 20.5. The summed E-state index contributed by atoms with van der Waals surface area (Å²) in [4.78, 5) is 25.9. The van der Waals surface area contributed by atoms with Gasteiger partial charge in [0.25, 0.3) is 0 Å². The van der Waals surface area contributed by atoms with Crippen molar-refractivity contribution in [1.82, 2.24) is 4.68 Å². The number of nitrogens with zero attached hydrogens (tertiary/aromatic N) is 3. The van der Waals surface area contributed by atoms with Gasteiger partial charge in [-0.15, -0.1) is 0 Å². The van der Waals surface area contributed by atoms with E-state index < -0.39 is 28.6 Å². The first-order chi connectivity index (χ1) is 14.9. The Kier molecular flexibility index (Phi) is 4.44. The van der Waals surface area contributed by atoms with Crippen molar-refractivity contribution in [1.29, 1.82) is 0 Å². The fraction of sp³-hybridized carbons (Fsp3) is 0.273. The standard InChI is InChI=1S/C22H20F2N4O3/c23-16-8-14-19(18(24)20(16)26-7-6-13(25)9-26)28(10-15(21(14)29)22(30)31)27-11-17(27)12-4-2-1-3-5-12/h1-5,8,10,13,17H,6-7,9,11,25H2,(H,30,31). The molecule has 1 aromatic heterocycles. The van der Waals surface area contributed by atoms with Gasteiger partial charge in [0.2, 0.25) is 5.43 Å².